The third kappa shape index (κ3) is 5.28. The van der Waals surface area contributed by atoms with Crippen LogP contribution in [0, 0.1) is 5.41 Å². The Morgan fingerprint density at radius 1 is 1.31 bits per heavy atom. The van der Waals surface area contributed by atoms with Gasteiger partial charge in [0.2, 0.25) is 0 Å². The van der Waals surface area contributed by atoms with Crippen molar-refractivity contribution in [2.45, 2.75) is 52.6 Å². The van der Waals surface area contributed by atoms with Gasteiger partial charge in [0, 0.05) is 32.3 Å². The molecule has 3 nitrogen and oxygen atoms in total. The van der Waals surface area contributed by atoms with E-state index in [2.05, 4.69) is 39.6 Å². The summed E-state index contributed by atoms with van der Waals surface area (Å²) < 4.78 is 5.09. The number of hydrogen-bond acceptors (Lipinski definition) is 3. The van der Waals surface area contributed by atoms with E-state index in [4.69, 9.17) is 10.5 Å². The van der Waals surface area contributed by atoms with Crippen molar-refractivity contribution >= 4 is 0 Å². The van der Waals surface area contributed by atoms with Gasteiger partial charge in [-0.3, -0.25) is 0 Å². The van der Waals surface area contributed by atoms with Crippen molar-refractivity contribution in [3.63, 3.8) is 0 Å². The van der Waals surface area contributed by atoms with E-state index in [1.807, 2.05) is 0 Å². The first-order valence-corrected chi connectivity index (χ1v) is 6.29. The molecule has 0 rings (SSSR count). The minimum atomic E-state index is 0.219. The highest BCUT2D eigenvalue weighted by atomic mass is 16.5. The molecule has 0 aliphatic heterocycles. The van der Waals surface area contributed by atoms with Crippen LogP contribution in [-0.2, 0) is 4.74 Å². The fourth-order valence-electron chi connectivity index (χ4n) is 2.45. The maximum absolute atomic E-state index is 6.24. The molecule has 3 heteroatoms. The summed E-state index contributed by atoms with van der Waals surface area (Å²) in [7, 11) is 3.92. The molecule has 0 aliphatic rings. The molecule has 2 N–H and O–H groups in total. The largest absolute Gasteiger partial charge is 0.385 e. The van der Waals surface area contributed by atoms with Gasteiger partial charge in [0.15, 0.2) is 0 Å². The molecule has 0 aromatic carbocycles. The number of rotatable bonds is 7. The lowest BCUT2D eigenvalue weighted by Gasteiger charge is -2.41. The van der Waals surface area contributed by atoms with E-state index in [9.17, 15) is 0 Å². The second kappa shape index (κ2) is 7.25. The topological polar surface area (TPSA) is 38.5 Å². The summed E-state index contributed by atoms with van der Waals surface area (Å²) in [6.45, 7) is 10.8. The number of ether oxygens (including phenoxy) is 1. The van der Waals surface area contributed by atoms with Crippen LogP contribution in [0.3, 0.4) is 0 Å². The van der Waals surface area contributed by atoms with Gasteiger partial charge in [-0.25, -0.2) is 0 Å². The van der Waals surface area contributed by atoms with Gasteiger partial charge in [-0.2, -0.15) is 0 Å². The lowest BCUT2D eigenvalue weighted by molar-refractivity contribution is 0.0883. The summed E-state index contributed by atoms with van der Waals surface area (Å²) in [4.78, 5) is 2.38. The average Bonchev–Trinajstić information content (AvgIpc) is 2.16. The predicted molar refractivity (Wildman–Crippen MR) is 70.6 cm³/mol. The first-order valence-electron chi connectivity index (χ1n) is 6.29. The van der Waals surface area contributed by atoms with Crippen molar-refractivity contribution in [1.29, 1.82) is 0 Å². The molecule has 2 unspecified atom stereocenters. The Kier molecular flexibility index (Phi) is 7.20. The van der Waals surface area contributed by atoms with Crippen LogP contribution in [0.15, 0.2) is 0 Å². The van der Waals surface area contributed by atoms with E-state index in [1.54, 1.807) is 7.11 Å². The Morgan fingerprint density at radius 3 is 2.25 bits per heavy atom. The third-order valence-electron chi connectivity index (χ3n) is 3.10. The van der Waals surface area contributed by atoms with Crippen molar-refractivity contribution in [2.75, 3.05) is 27.3 Å². The molecular formula is C13H30N2O. The molecule has 0 radical (unpaired) electrons. The lowest BCUT2D eigenvalue weighted by atomic mass is 9.80. The van der Waals surface area contributed by atoms with Crippen LogP contribution in [0.2, 0.25) is 0 Å². The molecule has 0 saturated carbocycles. The summed E-state index contributed by atoms with van der Waals surface area (Å²) in [5.41, 5.74) is 6.46. The van der Waals surface area contributed by atoms with Gasteiger partial charge >= 0.3 is 0 Å². The Morgan fingerprint density at radius 2 is 1.88 bits per heavy atom. The summed E-state index contributed by atoms with van der Waals surface area (Å²) in [5.74, 6) is 0. The highest BCUT2D eigenvalue weighted by Gasteiger charge is 2.32. The summed E-state index contributed by atoms with van der Waals surface area (Å²) in [6, 6.07) is 0.668. The van der Waals surface area contributed by atoms with Crippen LogP contribution in [0.1, 0.15) is 40.5 Å². The molecule has 0 aromatic rings. The van der Waals surface area contributed by atoms with Crippen LogP contribution < -0.4 is 5.73 Å². The minimum absolute atomic E-state index is 0.219. The molecule has 0 spiro atoms. The minimum Gasteiger partial charge on any atom is -0.385 e. The van der Waals surface area contributed by atoms with E-state index in [0.717, 1.165) is 26.0 Å². The smallest absolute Gasteiger partial charge is 0.0474 e. The molecule has 0 bridgehead atoms. The Balaban J connectivity index is 4.39. The van der Waals surface area contributed by atoms with Gasteiger partial charge < -0.3 is 15.4 Å². The van der Waals surface area contributed by atoms with E-state index < -0.39 is 0 Å². The molecule has 0 saturated heterocycles. The first kappa shape index (κ1) is 15.9. The van der Waals surface area contributed by atoms with E-state index in [1.165, 1.54) is 0 Å². The maximum Gasteiger partial charge on any atom is 0.0474 e. The highest BCUT2D eigenvalue weighted by Crippen LogP contribution is 2.26. The predicted octanol–water partition coefficient (Wildman–Crippen LogP) is 2.11. The molecule has 16 heavy (non-hydrogen) atoms. The first-order chi connectivity index (χ1) is 7.34. The van der Waals surface area contributed by atoms with Crippen LogP contribution in [0.5, 0.6) is 0 Å². The SMILES string of the molecule is CCC(N)C(N(C)CCCOC)C(C)(C)C. The second-order valence-corrected chi connectivity index (χ2v) is 5.71. The van der Waals surface area contributed by atoms with Crippen LogP contribution in [0.4, 0.5) is 0 Å². The molecule has 0 amide bonds. The standard InChI is InChI=1S/C13H30N2O/c1-7-11(14)12(13(2,3)4)15(5)9-8-10-16-6/h11-12H,7-10,14H2,1-6H3. The van der Waals surface area contributed by atoms with Gasteiger partial charge in [0.1, 0.15) is 0 Å². The molecule has 2 atom stereocenters. The number of methoxy groups -OCH3 is 1. The Bertz CT molecular complexity index is 177. The van der Waals surface area contributed by atoms with E-state index >= 15 is 0 Å². The maximum atomic E-state index is 6.24. The van der Waals surface area contributed by atoms with Crippen LogP contribution in [0.25, 0.3) is 0 Å². The number of likely N-dealkylation sites (N-methyl/N-ethyl adjacent to an activating group) is 1. The quantitative estimate of drug-likeness (QED) is 0.681. The van der Waals surface area contributed by atoms with Crippen LogP contribution >= 0.6 is 0 Å². The number of nitrogens with zero attached hydrogens (tertiary/aromatic N) is 1. The average molecular weight is 230 g/mol. The summed E-state index contributed by atoms with van der Waals surface area (Å²) >= 11 is 0. The van der Waals surface area contributed by atoms with Crippen molar-refractivity contribution < 1.29 is 4.74 Å². The zero-order valence-electron chi connectivity index (χ0n) is 11.9. The summed E-state index contributed by atoms with van der Waals surface area (Å²) in [6.07, 6.45) is 2.09. The molecule has 0 fully saturated rings. The van der Waals surface area contributed by atoms with Crippen molar-refractivity contribution in [2.24, 2.45) is 11.1 Å². The molecule has 0 aromatic heterocycles. The molecule has 0 aliphatic carbocycles. The lowest BCUT2D eigenvalue weighted by Crippen LogP contribution is -2.53. The van der Waals surface area contributed by atoms with Crippen molar-refractivity contribution in [3.05, 3.63) is 0 Å². The van der Waals surface area contributed by atoms with Gasteiger partial charge in [-0.05, 0) is 25.3 Å². The second-order valence-electron chi connectivity index (χ2n) is 5.71. The van der Waals surface area contributed by atoms with Gasteiger partial charge in [0.25, 0.3) is 0 Å². The third-order valence-corrected chi connectivity index (χ3v) is 3.10. The molecular weight excluding hydrogens is 200 g/mol. The number of nitrogens with two attached hydrogens (primary N) is 1. The molecule has 0 heterocycles. The highest BCUT2D eigenvalue weighted by molar-refractivity contribution is 4.89. The fraction of sp³-hybridized carbons (Fsp3) is 1.00. The van der Waals surface area contributed by atoms with Crippen LogP contribution in [-0.4, -0.2) is 44.3 Å². The summed E-state index contributed by atoms with van der Waals surface area (Å²) in [5, 5.41) is 0. The Hall–Kier alpha value is -0.120. The van der Waals surface area contributed by atoms with Gasteiger partial charge in [0.05, 0.1) is 0 Å². The van der Waals surface area contributed by atoms with Gasteiger partial charge in [-0.1, -0.05) is 27.7 Å². The zero-order valence-corrected chi connectivity index (χ0v) is 11.9. The van der Waals surface area contributed by atoms with Gasteiger partial charge in [-0.15, -0.1) is 0 Å². The molecule has 98 valence electrons. The number of hydrogen-bond donors (Lipinski definition) is 1. The van der Waals surface area contributed by atoms with E-state index in [-0.39, 0.29) is 11.5 Å². The van der Waals surface area contributed by atoms with Crippen molar-refractivity contribution in [1.82, 2.24) is 4.90 Å². The van der Waals surface area contributed by atoms with Crippen molar-refractivity contribution in [3.8, 4) is 0 Å². The fourth-order valence-corrected chi connectivity index (χ4v) is 2.45. The monoisotopic (exact) mass is 230 g/mol. The van der Waals surface area contributed by atoms with E-state index in [0.29, 0.717) is 6.04 Å². The zero-order chi connectivity index (χ0) is 12.8. The Labute approximate surface area is 101 Å². The normalized spacial score (nSPS) is 16.5.